The Morgan fingerprint density at radius 2 is 2.22 bits per heavy atom. The zero-order valence-corrected chi connectivity index (χ0v) is 9.64. The first-order valence-corrected chi connectivity index (χ1v) is 5.42. The van der Waals surface area contributed by atoms with Gasteiger partial charge in [0.1, 0.15) is 17.4 Å². The van der Waals surface area contributed by atoms with E-state index >= 15 is 0 Å². The monoisotopic (exact) mass is 245 g/mol. The Kier molecular flexibility index (Phi) is 2.42. The summed E-state index contributed by atoms with van der Waals surface area (Å²) in [7, 11) is 1.58. The summed E-state index contributed by atoms with van der Waals surface area (Å²) < 4.78 is 5.68. The van der Waals surface area contributed by atoms with Gasteiger partial charge < -0.3 is 14.6 Å². The fourth-order valence-corrected chi connectivity index (χ4v) is 1.86. The van der Waals surface area contributed by atoms with Crippen molar-refractivity contribution in [3.8, 4) is 0 Å². The number of hydrogen-bond donors (Lipinski definition) is 2. The third-order valence-corrected chi connectivity index (χ3v) is 2.68. The molecule has 0 bridgehead atoms. The molecule has 3 rings (SSSR count). The highest BCUT2D eigenvalue weighted by molar-refractivity contribution is 6.10. The van der Waals surface area contributed by atoms with Crippen molar-refractivity contribution < 1.29 is 14.0 Å². The van der Waals surface area contributed by atoms with Gasteiger partial charge in [-0.3, -0.25) is 4.79 Å². The summed E-state index contributed by atoms with van der Waals surface area (Å²) >= 11 is 0. The molecule has 1 aliphatic heterocycles. The van der Waals surface area contributed by atoms with Crippen molar-refractivity contribution in [1.29, 1.82) is 0 Å². The number of rotatable bonds is 2. The number of nitrogens with one attached hydrogen (secondary N) is 2. The molecular weight excluding hydrogens is 234 g/mol. The first-order valence-electron chi connectivity index (χ1n) is 5.42. The molecule has 6 heteroatoms. The maximum absolute atomic E-state index is 12.0. The molecule has 0 unspecified atom stereocenters. The molecule has 6 nitrogen and oxygen atoms in total. The van der Waals surface area contributed by atoms with Crippen molar-refractivity contribution in [1.82, 2.24) is 10.9 Å². The van der Waals surface area contributed by atoms with Crippen molar-refractivity contribution in [2.24, 2.45) is 0 Å². The van der Waals surface area contributed by atoms with Crippen molar-refractivity contribution in [3.63, 3.8) is 0 Å². The molecule has 0 spiro atoms. The number of hydrazine groups is 1. The lowest BCUT2D eigenvalue weighted by atomic mass is 10.1. The zero-order chi connectivity index (χ0) is 12.5. The summed E-state index contributed by atoms with van der Waals surface area (Å²) in [4.78, 5) is 16.9. The van der Waals surface area contributed by atoms with Crippen molar-refractivity contribution in [3.05, 3.63) is 42.3 Å². The van der Waals surface area contributed by atoms with E-state index in [1.165, 1.54) is 11.3 Å². The Balaban J connectivity index is 2.22. The molecule has 1 aromatic carbocycles. The molecule has 0 saturated heterocycles. The minimum absolute atomic E-state index is 0.211. The number of carbonyl (C=O) groups excluding carboxylic acids is 1. The van der Waals surface area contributed by atoms with E-state index in [2.05, 4.69) is 10.9 Å². The fourth-order valence-electron chi connectivity index (χ4n) is 1.86. The average molecular weight is 245 g/mol. The van der Waals surface area contributed by atoms with Crippen LogP contribution in [0.2, 0.25) is 0 Å². The lowest BCUT2D eigenvalue weighted by molar-refractivity contribution is 0.0963. The molecule has 18 heavy (non-hydrogen) atoms. The van der Waals surface area contributed by atoms with Gasteiger partial charge in [0, 0.05) is 12.4 Å². The summed E-state index contributed by atoms with van der Waals surface area (Å²) in [6.07, 6.45) is 3.09. The molecule has 1 amide bonds. The third kappa shape index (κ3) is 1.51. The number of hydrogen-bond acceptors (Lipinski definition) is 5. The number of amides is 1. The van der Waals surface area contributed by atoms with Gasteiger partial charge in [-0.2, -0.15) is 0 Å². The molecule has 2 N–H and O–H groups in total. The lowest BCUT2D eigenvalue weighted by Gasteiger charge is -2.11. The molecule has 0 saturated carbocycles. The van der Waals surface area contributed by atoms with Crippen LogP contribution in [-0.4, -0.2) is 13.0 Å². The van der Waals surface area contributed by atoms with Crippen LogP contribution in [0.3, 0.4) is 0 Å². The van der Waals surface area contributed by atoms with Gasteiger partial charge in [-0.05, 0) is 6.07 Å². The first kappa shape index (κ1) is 10.7. The number of fused-ring (bicyclic) bond motifs is 1. The summed E-state index contributed by atoms with van der Waals surface area (Å²) in [6.45, 7) is 0. The summed E-state index contributed by atoms with van der Waals surface area (Å²) in [5.41, 5.74) is 3.72. The van der Waals surface area contributed by atoms with Crippen LogP contribution in [0.5, 0.6) is 0 Å². The maximum atomic E-state index is 12.0. The predicted octanol–water partition coefficient (Wildman–Crippen LogP) is 1.52. The van der Waals surface area contributed by atoms with E-state index in [1.807, 2.05) is 24.3 Å². The second-order valence-corrected chi connectivity index (χ2v) is 3.72. The van der Waals surface area contributed by atoms with Gasteiger partial charge in [0.2, 0.25) is 5.88 Å². The quantitative estimate of drug-likeness (QED) is 0.839. The van der Waals surface area contributed by atoms with Gasteiger partial charge in [-0.15, -0.1) is 0 Å². The van der Waals surface area contributed by atoms with Crippen molar-refractivity contribution >= 4 is 22.8 Å². The van der Waals surface area contributed by atoms with Gasteiger partial charge >= 0.3 is 0 Å². The Bertz CT molecular complexity index is 633. The van der Waals surface area contributed by atoms with Crippen LogP contribution >= 0.6 is 0 Å². The molecule has 0 fully saturated rings. The van der Waals surface area contributed by atoms with Crippen LogP contribution in [0, 0.1) is 0 Å². The molecular formula is C12H11N3O3. The Labute approximate surface area is 103 Å². The lowest BCUT2D eigenvalue weighted by Crippen LogP contribution is -2.29. The first-order chi connectivity index (χ1) is 8.81. The third-order valence-electron chi connectivity index (χ3n) is 2.68. The molecule has 0 atom stereocenters. The Morgan fingerprint density at radius 3 is 2.94 bits per heavy atom. The van der Waals surface area contributed by atoms with Gasteiger partial charge in [0.25, 0.3) is 5.91 Å². The van der Waals surface area contributed by atoms with E-state index in [9.17, 15) is 4.79 Å². The molecule has 92 valence electrons. The van der Waals surface area contributed by atoms with Crippen LogP contribution < -0.4 is 15.9 Å². The molecule has 0 aliphatic carbocycles. The molecule has 2 aromatic rings. The second-order valence-electron chi connectivity index (χ2n) is 3.72. The number of carbonyl (C=O) groups is 1. The Morgan fingerprint density at radius 1 is 1.39 bits per heavy atom. The maximum Gasteiger partial charge on any atom is 0.257 e. The molecule has 0 radical (unpaired) electrons. The highest BCUT2D eigenvalue weighted by Gasteiger charge is 2.25. The largest absolute Gasteiger partial charge is 0.438 e. The second kappa shape index (κ2) is 4.08. The number of nitrogens with zero attached hydrogens (tertiary/aromatic N) is 1. The number of furan rings is 1. The van der Waals surface area contributed by atoms with E-state index < -0.39 is 0 Å². The number of benzene rings is 1. The smallest absolute Gasteiger partial charge is 0.257 e. The summed E-state index contributed by atoms with van der Waals surface area (Å²) in [5, 5.41) is 4.87. The van der Waals surface area contributed by atoms with Crippen LogP contribution in [-0.2, 0) is 4.84 Å². The minimum atomic E-state index is -0.211. The zero-order valence-electron chi connectivity index (χ0n) is 9.64. The van der Waals surface area contributed by atoms with Gasteiger partial charge in [0.15, 0.2) is 0 Å². The Hall–Kier alpha value is -2.47. The van der Waals surface area contributed by atoms with Gasteiger partial charge in [-0.25, -0.2) is 5.01 Å². The predicted molar refractivity (Wildman–Crippen MR) is 65.4 cm³/mol. The van der Waals surface area contributed by atoms with Crippen LogP contribution in [0.4, 0.5) is 5.88 Å². The normalized spacial score (nSPS) is 13.9. The highest BCUT2D eigenvalue weighted by Crippen LogP contribution is 2.32. The van der Waals surface area contributed by atoms with Gasteiger partial charge in [0.05, 0.1) is 6.20 Å². The number of para-hydroxylation sites is 1. The van der Waals surface area contributed by atoms with E-state index in [-0.39, 0.29) is 5.91 Å². The SMILES string of the molecule is CNC(=O)c1c(N2C=CON2)oc2ccccc12. The topological polar surface area (TPSA) is 66.7 Å². The molecule has 2 heterocycles. The molecule has 1 aromatic heterocycles. The van der Waals surface area contributed by atoms with Gasteiger partial charge in [-0.1, -0.05) is 23.8 Å². The number of anilines is 1. The van der Waals surface area contributed by atoms with E-state index in [4.69, 9.17) is 9.25 Å². The summed E-state index contributed by atoms with van der Waals surface area (Å²) in [5.74, 6) is 0.182. The van der Waals surface area contributed by atoms with Crippen molar-refractivity contribution in [2.75, 3.05) is 12.1 Å². The van der Waals surface area contributed by atoms with E-state index in [1.54, 1.807) is 13.2 Å². The minimum Gasteiger partial charge on any atom is -0.438 e. The summed E-state index contributed by atoms with van der Waals surface area (Å²) in [6, 6.07) is 7.37. The van der Waals surface area contributed by atoms with E-state index in [0.29, 0.717) is 17.0 Å². The van der Waals surface area contributed by atoms with Crippen LogP contribution in [0.1, 0.15) is 10.4 Å². The molecule has 1 aliphatic rings. The van der Waals surface area contributed by atoms with Crippen LogP contribution in [0.15, 0.2) is 41.1 Å². The van der Waals surface area contributed by atoms with Crippen LogP contribution in [0.25, 0.3) is 11.0 Å². The fraction of sp³-hybridized carbons (Fsp3) is 0.0833. The highest BCUT2D eigenvalue weighted by atomic mass is 16.7. The average Bonchev–Trinajstić information content (AvgIpc) is 3.04. The van der Waals surface area contributed by atoms with Crippen molar-refractivity contribution in [2.45, 2.75) is 0 Å². The van der Waals surface area contributed by atoms with E-state index in [0.717, 1.165) is 5.39 Å². The standard InChI is InChI=1S/C12H11N3O3/c1-13-11(16)10-8-4-2-3-5-9(8)18-12(10)15-6-7-17-14-15/h2-7,14H,1H3,(H,13,16).